The summed E-state index contributed by atoms with van der Waals surface area (Å²) in [6, 6.07) is 5.39. The van der Waals surface area contributed by atoms with Crippen LogP contribution in [-0.2, 0) is 6.54 Å². The van der Waals surface area contributed by atoms with Gasteiger partial charge in [-0.1, -0.05) is 0 Å². The zero-order valence-electron chi connectivity index (χ0n) is 8.32. The molecule has 0 aliphatic heterocycles. The minimum Gasteiger partial charge on any atom is -0.293 e. The van der Waals surface area contributed by atoms with Gasteiger partial charge >= 0.3 is 0 Å². The topological polar surface area (TPSA) is 34.9 Å². The average molecular weight is 188 g/mol. The van der Waals surface area contributed by atoms with Crippen molar-refractivity contribution in [2.75, 3.05) is 0 Å². The summed E-state index contributed by atoms with van der Waals surface area (Å²) in [4.78, 5) is 15.7. The number of rotatable bonds is 1. The Morgan fingerprint density at radius 3 is 2.86 bits per heavy atom. The Kier molecular flexibility index (Phi) is 2.08. The second-order valence-electron chi connectivity index (χ2n) is 3.28. The molecule has 2 rings (SSSR count). The SMILES string of the molecule is CCn1c(=O)ccc2c(C)ccnc21. The van der Waals surface area contributed by atoms with Gasteiger partial charge in [0.25, 0.3) is 5.56 Å². The van der Waals surface area contributed by atoms with Gasteiger partial charge in [-0.15, -0.1) is 0 Å². The van der Waals surface area contributed by atoms with Gasteiger partial charge < -0.3 is 0 Å². The van der Waals surface area contributed by atoms with Gasteiger partial charge in [0.2, 0.25) is 0 Å². The Morgan fingerprint density at radius 1 is 1.36 bits per heavy atom. The maximum atomic E-state index is 11.5. The van der Waals surface area contributed by atoms with E-state index in [0.717, 1.165) is 16.6 Å². The predicted octanol–water partition coefficient (Wildman–Crippen LogP) is 1.72. The van der Waals surface area contributed by atoms with E-state index < -0.39 is 0 Å². The summed E-state index contributed by atoms with van der Waals surface area (Å²) in [5.41, 5.74) is 1.94. The third-order valence-electron chi connectivity index (χ3n) is 2.42. The van der Waals surface area contributed by atoms with Crippen LogP contribution in [0.2, 0.25) is 0 Å². The number of nitrogens with zero attached hydrogens (tertiary/aromatic N) is 2. The van der Waals surface area contributed by atoms with Gasteiger partial charge in [0, 0.05) is 24.2 Å². The minimum absolute atomic E-state index is 0.0121. The smallest absolute Gasteiger partial charge is 0.252 e. The fourth-order valence-electron chi connectivity index (χ4n) is 1.63. The van der Waals surface area contributed by atoms with Crippen LogP contribution in [0, 0.1) is 6.92 Å². The highest BCUT2D eigenvalue weighted by atomic mass is 16.1. The van der Waals surface area contributed by atoms with Gasteiger partial charge in [0.15, 0.2) is 0 Å². The Morgan fingerprint density at radius 2 is 2.14 bits per heavy atom. The summed E-state index contributed by atoms with van der Waals surface area (Å²) in [7, 11) is 0. The summed E-state index contributed by atoms with van der Waals surface area (Å²) >= 11 is 0. The monoisotopic (exact) mass is 188 g/mol. The van der Waals surface area contributed by atoms with Crippen LogP contribution < -0.4 is 5.56 Å². The van der Waals surface area contributed by atoms with Crippen LogP contribution in [-0.4, -0.2) is 9.55 Å². The molecule has 0 aliphatic rings. The molecule has 14 heavy (non-hydrogen) atoms. The Bertz CT molecular complexity index is 528. The lowest BCUT2D eigenvalue weighted by molar-refractivity contribution is 0.749. The molecule has 0 aromatic carbocycles. The summed E-state index contributed by atoms with van der Waals surface area (Å²) in [6.45, 7) is 4.63. The first kappa shape index (κ1) is 8.94. The average Bonchev–Trinajstić information content (AvgIpc) is 2.18. The molecule has 0 aliphatic carbocycles. The first-order valence-corrected chi connectivity index (χ1v) is 4.69. The highest BCUT2D eigenvalue weighted by Crippen LogP contribution is 2.13. The molecule has 0 N–H and O–H groups in total. The standard InChI is InChI=1S/C11H12N2O/c1-3-13-10(14)5-4-9-8(2)6-7-12-11(9)13/h4-7H,3H2,1-2H3. The van der Waals surface area contributed by atoms with Crippen molar-refractivity contribution in [2.24, 2.45) is 0 Å². The van der Waals surface area contributed by atoms with Crippen LogP contribution >= 0.6 is 0 Å². The zero-order chi connectivity index (χ0) is 10.1. The van der Waals surface area contributed by atoms with Crippen LogP contribution in [0.5, 0.6) is 0 Å². The van der Waals surface area contributed by atoms with Gasteiger partial charge in [-0.25, -0.2) is 4.98 Å². The molecular formula is C11H12N2O. The van der Waals surface area contributed by atoms with Crippen molar-refractivity contribution >= 4 is 11.0 Å². The fourth-order valence-corrected chi connectivity index (χ4v) is 1.63. The highest BCUT2D eigenvalue weighted by molar-refractivity contribution is 5.78. The molecule has 0 spiro atoms. The third-order valence-corrected chi connectivity index (χ3v) is 2.42. The Hall–Kier alpha value is -1.64. The first-order chi connectivity index (χ1) is 6.74. The third kappa shape index (κ3) is 1.21. The number of aryl methyl sites for hydroxylation is 2. The maximum Gasteiger partial charge on any atom is 0.252 e. The molecule has 0 amide bonds. The summed E-state index contributed by atoms with van der Waals surface area (Å²) in [6.07, 6.45) is 1.74. The second kappa shape index (κ2) is 3.25. The maximum absolute atomic E-state index is 11.5. The molecule has 3 heteroatoms. The van der Waals surface area contributed by atoms with Gasteiger partial charge in [0.05, 0.1) is 0 Å². The van der Waals surface area contributed by atoms with Gasteiger partial charge in [-0.3, -0.25) is 9.36 Å². The van der Waals surface area contributed by atoms with Crippen LogP contribution in [0.3, 0.4) is 0 Å². The lowest BCUT2D eigenvalue weighted by atomic mass is 10.2. The van der Waals surface area contributed by atoms with E-state index in [1.165, 1.54) is 0 Å². The molecule has 0 unspecified atom stereocenters. The zero-order valence-corrected chi connectivity index (χ0v) is 8.32. The van der Waals surface area contributed by atoms with E-state index in [4.69, 9.17) is 0 Å². The fraction of sp³-hybridized carbons (Fsp3) is 0.273. The lowest BCUT2D eigenvalue weighted by Crippen LogP contribution is -2.18. The van der Waals surface area contributed by atoms with Crippen LogP contribution in [0.25, 0.3) is 11.0 Å². The molecule has 2 heterocycles. The van der Waals surface area contributed by atoms with E-state index in [-0.39, 0.29) is 5.56 Å². The van der Waals surface area contributed by atoms with Crippen molar-refractivity contribution in [1.82, 2.24) is 9.55 Å². The van der Waals surface area contributed by atoms with Crippen molar-refractivity contribution in [3.05, 3.63) is 40.3 Å². The first-order valence-electron chi connectivity index (χ1n) is 4.69. The van der Waals surface area contributed by atoms with Gasteiger partial charge in [-0.2, -0.15) is 0 Å². The van der Waals surface area contributed by atoms with E-state index >= 15 is 0 Å². The minimum atomic E-state index is 0.0121. The molecule has 0 atom stereocenters. The predicted molar refractivity (Wildman–Crippen MR) is 56.4 cm³/mol. The van der Waals surface area contributed by atoms with E-state index in [0.29, 0.717) is 6.54 Å². The number of hydrogen-bond donors (Lipinski definition) is 0. The molecule has 0 radical (unpaired) electrons. The molecule has 2 aromatic heterocycles. The molecule has 3 nitrogen and oxygen atoms in total. The molecule has 0 saturated carbocycles. The lowest BCUT2D eigenvalue weighted by Gasteiger charge is -2.07. The molecule has 72 valence electrons. The van der Waals surface area contributed by atoms with E-state index in [1.807, 2.05) is 26.0 Å². The van der Waals surface area contributed by atoms with Crippen molar-refractivity contribution in [3.63, 3.8) is 0 Å². The van der Waals surface area contributed by atoms with Crippen LogP contribution in [0.15, 0.2) is 29.2 Å². The van der Waals surface area contributed by atoms with Crippen molar-refractivity contribution in [2.45, 2.75) is 20.4 Å². The summed E-state index contributed by atoms with van der Waals surface area (Å²) in [5, 5.41) is 1.05. The molecule has 2 aromatic rings. The van der Waals surface area contributed by atoms with Crippen molar-refractivity contribution in [1.29, 1.82) is 0 Å². The number of aromatic nitrogens is 2. The van der Waals surface area contributed by atoms with E-state index in [2.05, 4.69) is 4.98 Å². The van der Waals surface area contributed by atoms with E-state index in [9.17, 15) is 4.79 Å². The largest absolute Gasteiger partial charge is 0.293 e. The highest BCUT2D eigenvalue weighted by Gasteiger charge is 2.03. The van der Waals surface area contributed by atoms with Gasteiger partial charge in [-0.05, 0) is 31.5 Å². The molecule has 0 fully saturated rings. The Labute approximate surface area is 82.0 Å². The molecular weight excluding hydrogens is 176 g/mol. The quantitative estimate of drug-likeness (QED) is 0.683. The number of hydrogen-bond acceptors (Lipinski definition) is 2. The Balaban J connectivity index is 2.95. The number of fused-ring (bicyclic) bond motifs is 1. The number of pyridine rings is 2. The summed E-state index contributed by atoms with van der Waals surface area (Å²) < 4.78 is 1.68. The van der Waals surface area contributed by atoms with Gasteiger partial charge in [0.1, 0.15) is 5.65 Å². The van der Waals surface area contributed by atoms with Crippen molar-refractivity contribution in [3.8, 4) is 0 Å². The molecule has 0 saturated heterocycles. The van der Waals surface area contributed by atoms with Crippen LogP contribution in [0.1, 0.15) is 12.5 Å². The van der Waals surface area contributed by atoms with Crippen molar-refractivity contribution < 1.29 is 0 Å². The summed E-state index contributed by atoms with van der Waals surface area (Å²) in [5.74, 6) is 0. The normalized spacial score (nSPS) is 10.7. The second-order valence-corrected chi connectivity index (χ2v) is 3.28. The van der Waals surface area contributed by atoms with Crippen LogP contribution in [0.4, 0.5) is 0 Å². The molecule has 0 bridgehead atoms. The van der Waals surface area contributed by atoms with E-state index in [1.54, 1.807) is 16.8 Å².